The summed E-state index contributed by atoms with van der Waals surface area (Å²) in [5.74, 6) is 0.311. The predicted molar refractivity (Wildman–Crippen MR) is 118 cm³/mol. The molecule has 0 saturated carbocycles. The van der Waals surface area contributed by atoms with Crippen molar-refractivity contribution in [2.75, 3.05) is 13.1 Å². The van der Waals surface area contributed by atoms with Crippen molar-refractivity contribution in [3.05, 3.63) is 64.5 Å². The van der Waals surface area contributed by atoms with Crippen LogP contribution in [0, 0.1) is 0 Å². The zero-order chi connectivity index (χ0) is 21.5. The first-order valence-corrected chi connectivity index (χ1v) is 10.6. The molecule has 0 bridgehead atoms. The number of carbonyl (C=O) groups excluding carboxylic acids is 1. The lowest BCUT2D eigenvalue weighted by atomic mass is 9.89. The molecule has 1 saturated heterocycles. The van der Waals surface area contributed by atoms with Crippen molar-refractivity contribution in [2.24, 2.45) is 7.05 Å². The highest BCUT2D eigenvalue weighted by Gasteiger charge is 2.27. The van der Waals surface area contributed by atoms with Crippen molar-refractivity contribution >= 4 is 28.1 Å². The van der Waals surface area contributed by atoms with Crippen molar-refractivity contribution in [1.82, 2.24) is 29.0 Å². The number of aryl methyl sites for hydroxylation is 2. The molecule has 0 aliphatic carbocycles. The number of piperidine rings is 1. The molecular formula is C23H24N6O2. The lowest BCUT2D eigenvalue weighted by molar-refractivity contribution is 0.0713. The van der Waals surface area contributed by atoms with Gasteiger partial charge in [0.05, 0.1) is 16.6 Å². The monoisotopic (exact) mass is 416 g/mol. The fraction of sp³-hybridized carbons (Fsp3) is 0.348. The maximum atomic E-state index is 13.1. The Labute approximate surface area is 179 Å². The number of rotatable bonds is 3. The summed E-state index contributed by atoms with van der Waals surface area (Å²) in [6.07, 6.45) is 6.77. The van der Waals surface area contributed by atoms with Crippen molar-refractivity contribution in [1.29, 1.82) is 0 Å². The normalized spacial score (nSPS) is 15.1. The molecular weight excluding hydrogens is 392 g/mol. The van der Waals surface area contributed by atoms with Gasteiger partial charge < -0.3 is 4.90 Å². The topological polar surface area (TPSA) is 85.9 Å². The highest BCUT2D eigenvalue weighted by molar-refractivity contribution is 5.97. The van der Waals surface area contributed by atoms with Gasteiger partial charge in [0, 0.05) is 50.8 Å². The van der Waals surface area contributed by atoms with Crippen LogP contribution in [-0.2, 0) is 13.6 Å². The molecule has 1 aromatic carbocycles. The summed E-state index contributed by atoms with van der Waals surface area (Å²) in [5.41, 5.74) is 4.90. The fourth-order valence-corrected chi connectivity index (χ4v) is 4.65. The van der Waals surface area contributed by atoms with Gasteiger partial charge >= 0.3 is 5.69 Å². The van der Waals surface area contributed by atoms with Crippen LogP contribution in [0.25, 0.3) is 22.2 Å². The zero-order valence-corrected chi connectivity index (χ0v) is 17.7. The molecule has 8 nitrogen and oxygen atoms in total. The minimum atomic E-state index is -0.0375. The van der Waals surface area contributed by atoms with Crippen LogP contribution in [0.5, 0.6) is 0 Å². The Bertz CT molecular complexity index is 1350. The molecule has 3 aromatic heterocycles. The smallest absolute Gasteiger partial charge is 0.330 e. The maximum Gasteiger partial charge on any atom is 0.330 e. The summed E-state index contributed by atoms with van der Waals surface area (Å²) in [7, 11) is 1.81. The third-order valence-electron chi connectivity index (χ3n) is 6.30. The summed E-state index contributed by atoms with van der Waals surface area (Å²) in [4.78, 5) is 40.6. The molecule has 0 spiro atoms. The zero-order valence-electron chi connectivity index (χ0n) is 17.7. The van der Waals surface area contributed by atoms with Gasteiger partial charge in [0.2, 0.25) is 0 Å². The van der Waals surface area contributed by atoms with E-state index in [1.165, 1.54) is 0 Å². The van der Waals surface area contributed by atoms with Crippen LogP contribution in [-0.4, -0.2) is 48.0 Å². The number of aromatic nitrogens is 5. The summed E-state index contributed by atoms with van der Waals surface area (Å²) >= 11 is 0. The van der Waals surface area contributed by atoms with Crippen LogP contribution >= 0.6 is 0 Å². The van der Waals surface area contributed by atoms with Gasteiger partial charge in [0.25, 0.3) is 5.91 Å². The number of imidazole rings is 1. The molecule has 5 rings (SSSR count). The fourth-order valence-electron chi connectivity index (χ4n) is 4.65. The number of nitrogens with zero attached hydrogens (tertiary/aromatic N) is 6. The van der Waals surface area contributed by atoms with Crippen molar-refractivity contribution in [3.63, 3.8) is 0 Å². The van der Waals surface area contributed by atoms with E-state index in [2.05, 4.69) is 15.0 Å². The van der Waals surface area contributed by atoms with Crippen molar-refractivity contribution < 1.29 is 4.79 Å². The lowest BCUT2D eigenvalue weighted by Gasteiger charge is -2.32. The molecule has 8 heteroatoms. The van der Waals surface area contributed by atoms with E-state index in [9.17, 15) is 9.59 Å². The number of amides is 1. The van der Waals surface area contributed by atoms with Crippen LogP contribution in [0.4, 0.5) is 0 Å². The number of fused-ring (bicyclic) bond motifs is 2. The third-order valence-corrected chi connectivity index (χ3v) is 6.30. The van der Waals surface area contributed by atoms with Crippen molar-refractivity contribution in [3.8, 4) is 0 Å². The van der Waals surface area contributed by atoms with Gasteiger partial charge in [0.1, 0.15) is 0 Å². The first-order valence-electron chi connectivity index (χ1n) is 10.6. The van der Waals surface area contributed by atoms with E-state index >= 15 is 0 Å². The number of hydrogen-bond donors (Lipinski definition) is 0. The Morgan fingerprint density at radius 3 is 2.52 bits per heavy atom. The van der Waals surface area contributed by atoms with Crippen LogP contribution < -0.4 is 5.69 Å². The molecule has 4 heterocycles. The standard InChI is InChI=1S/C23H24N6O2/c1-3-29-21-20(27(2)23(29)31)17(6-9-26-21)15-7-12-28(13-8-15)22(30)16-4-5-18-19(14-16)25-11-10-24-18/h4-6,9-11,14-15H,3,7-8,12-13H2,1-2H3. The van der Waals surface area contributed by atoms with Gasteiger partial charge in [-0.3, -0.25) is 23.9 Å². The number of carbonyl (C=O) groups is 1. The second-order valence-electron chi connectivity index (χ2n) is 7.98. The number of pyridine rings is 1. The van der Waals surface area contributed by atoms with E-state index in [0.717, 1.165) is 40.6 Å². The summed E-state index contributed by atoms with van der Waals surface area (Å²) in [6, 6.07) is 7.49. The molecule has 31 heavy (non-hydrogen) atoms. The van der Waals surface area contributed by atoms with E-state index in [-0.39, 0.29) is 17.5 Å². The number of hydrogen-bond acceptors (Lipinski definition) is 5. The Balaban J connectivity index is 1.38. The van der Waals surface area contributed by atoms with E-state index in [4.69, 9.17) is 0 Å². The molecule has 158 valence electrons. The van der Waals surface area contributed by atoms with E-state index in [0.29, 0.717) is 25.2 Å². The maximum absolute atomic E-state index is 13.1. The average Bonchev–Trinajstić information content (AvgIpc) is 3.07. The summed E-state index contributed by atoms with van der Waals surface area (Å²) < 4.78 is 3.41. The number of benzene rings is 1. The molecule has 1 amide bonds. The largest absolute Gasteiger partial charge is 0.339 e. The Morgan fingerprint density at radius 1 is 1.03 bits per heavy atom. The Kier molecular flexibility index (Phi) is 4.77. The Morgan fingerprint density at radius 2 is 1.77 bits per heavy atom. The highest BCUT2D eigenvalue weighted by atomic mass is 16.2. The van der Waals surface area contributed by atoms with Crippen LogP contribution in [0.1, 0.15) is 41.6 Å². The highest BCUT2D eigenvalue weighted by Crippen LogP contribution is 2.32. The van der Waals surface area contributed by atoms with Crippen LogP contribution in [0.15, 0.2) is 47.7 Å². The molecule has 1 aliphatic rings. The summed E-state index contributed by atoms with van der Waals surface area (Å²) in [6.45, 7) is 3.90. The second kappa shape index (κ2) is 7.61. The second-order valence-corrected chi connectivity index (χ2v) is 7.98. The molecule has 0 atom stereocenters. The summed E-state index contributed by atoms with van der Waals surface area (Å²) in [5, 5.41) is 0. The van der Waals surface area contributed by atoms with Gasteiger partial charge in [-0.05, 0) is 55.5 Å². The van der Waals surface area contributed by atoms with Gasteiger partial charge in [-0.15, -0.1) is 0 Å². The predicted octanol–water partition coefficient (Wildman–Crippen LogP) is 2.72. The van der Waals surface area contributed by atoms with Crippen molar-refractivity contribution in [2.45, 2.75) is 32.2 Å². The van der Waals surface area contributed by atoms with E-state index in [1.54, 1.807) is 27.7 Å². The average molecular weight is 416 g/mol. The molecule has 0 N–H and O–H groups in total. The molecule has 1 fully saturated rings. The molecule has 0 unspecified atom stereocenters. The van der Waals surface area contributed by atoms with Gasteiger partial charge in [-0.2, -0.15) is 0 Å². The molecule has 0 radical (unpaired) electrons. The first kappa shape index (κ1) is 19.4. The quantitative estimate of drug-likeness (QED) is 0.513. The Hall–Kier alpha value is -3.55. The van der Waals surface area contributed by atoms with E-state index in [1.807, 2.05) is 43.1 Å². The third kappa shape index (κ3) is 3.19. The van der Waals surface area contributed by atoms with Gasteiger partial charge in [-0.25, -0.2) is 9.78 Å². The minimum Gasteiger partial charge on any atom is -0.339 e. The van der Waals surface area contributed by atoms with Crippen LogP contribution in [0.2, 0.25) is 0 Å². The molecule has 1 aliphatic heterocycles. The first-order chi connectivity index (χ1) is 15.1. The molecule has 4 aromatic rings. The number of likely N-dealkylation sites (tertiary alicyclic amines) is 1. The van der Waals surface area contributed by atoms with Crippen LogP contribution in [0.3, 0.4) is 0 Å². The van der Waals surface area contributed by atoms with Gasteiger partial charge in [0.15, 0.2) is 5.65 Å². The van der Waals surface area contributed by atoms with Gasteiger partial charge in [-0.1, -0.05) is 0 Å². The lowest BCUT2D eigenvalue weighted by Crippen LogP contribution is -2.38. The SMILES string of the molecule is CCn1c(=O)n(C)c2c(C3CCN(C(=O)c4ccc5nccnc5c4)CC3)ccnc21. The minimum absolute atomic E-state index is 0.0235. The van der Waals surface area contributed by atoms with E-state index < -0.39 is 0 Å².